The second kappa shape index (κ2) is 5.10. The molecule has 1 aromatic heterocycles. The Morgan fingerprint density at radius 2 is 1.67 bits per heavy atom. The van der Waals surface area contributed by atoms with E-state index in [1.165, 1.54) is 37.9 Å². The first-order valence-corrected chi connectivity index (χ1v) is 8.62. The zero-order chi connectivity index (χ0) is 16.1. The molecular formula is C23H19N. The quantitative estimate of drug-likeness (QED) is 0.491. The van der Waals surface area contributed by atoms with Gasteiger partial charge in [0.25, 0.3) is 0 Å². The van der Waals surface area contributed by atoms with Gasteiger partial charge in [-0.3, -0.25) is 0 Å². The number of hydrogen-bond acceptors (Lipinski definition) is 0. The molecule has 0 aliphatic heterocycles. The summed E-state index contributed by atoms with van der Waals surface area (Å²) in [6.45, 7) is 2.29. The van der Waals surface area contributed by atoms with Gasteiger partial charge in [0.1, 0.15) is 0 Å². The van der Waals surface area contributed by atoms with E-state index >= 15 is 0 Å². The monoisotopic (exact) mass is 309 g/mol. The summed E-state index contributed by atoms with van der Waals surface area (Å²) < 4.78 is 2.42. The summed E-state index contributed by atoms with van der Waals surface area (Å²) in [6, 6.07) is 24.1. The highest BCUT2D eigenvalue weighted by atomic mass is 15.0. The second-order valence-corrected chi connectivity index (χ2v) is 6.77. The van der Waals surface area contributed by atoms with E-state index in [1.807, 2.05) is 0 Å². The van der Waals surface area contributed by atoms with Crippen molar-refractivity contribution >= 4 is 33.8 Å². The van der Waals surface area contributed by atoms with E-state index in [1.54, 1.807) is 0 Å². The first-order valence-electron chi connectivity index (χ1n) is 8.62. The molecule has 1 nitrogen and oxygen atoms in total. The van der Waals surface area contributed by atoms with Crippen LogP contribution in [0.15, 0.2) is 66.7 Å². The smallest absolute Gasteiger partial charge is 0.0540 e. The number of benzene rings is 3. The molecule has 0 N–H and O–H groups in total. The SMILES string of the molecule is CC1C=c2c(n(-c3ccc4ccccc4c3)c3ccccc23)=CC1. The van der Waals surface area contributed by atoms with Crippen LogP contribution in [0.2, 0.25) is 0 Å². The van der Waals surface area contributed by atoms with E-state index < -0.39 is 0 Å². The summed E-state index contributed by atoms with van der Waals surface area (Å²) in [6.07, 6.45) is 5.93. The molecule has 1 aliphatic carbocycles. The van der Waals surface area contributed by atoms with Crippen molar-refractivity contribution in [2.75, 3.05) is 0 Å². The lowest BCUT2D eigenvalue weighted by Crippen LogP contribution is -2.31. The number of rotatable bonds is 1. The molecule has 0 bridgehead atoms. The Kier molecular flexibility index (Phi) is 2.90. The molecule has 1 atom stereocenters. The number of fused-ring (bicyclic) bond motifs is 4. The Balaban J connectivity index is 1.91. The minimum atomic E-state index is 0.605. The van der Waals surface area contributed by atoms with Gasteiger partial charge in [-0.05, 0) is 41.3 Å². The fraction of sp³-hybridized carbons (Fsp3) is 0.130. The van der Waals surface area contributed by atoms with Crippen LogP contribution in [-0.4, -0.2) is 4.57 Å². The fourth-order valence-electron chi connectivity index (χ4n) is 3.91. The standard InChI is InChI=1S/C23H19N/c1-16-10-13-23-21(14-16)20-8-4-5-9-22(20)24(23)19-12-11-17-6-2-3-7-18(17)15-19/h2-9,11-16H,10H2,1H3. The largest absolute Gasteiger partial charge is 0.310 e. The third-order valence-corrected chi connectivity index (χ3v) is 5.08. The summed E-state index contributed by atoms with van der Waals surface area (Å²) in [7, 11) is 0. The molecule has 0 fully saturated rings. The van der Waals surface area contributed by atoms with Crippen LogP contribution in [0.25, 0.3) is 39.5 Å². The Morgan fingerprint density at radius 3 is 2.58 bits per heavy atom. The molecule has 0 saturated heterocycles. The minimum absolute atomic E-state index is 0.605. The Bertz CT molecular complexity index is 1190. The molecule has 1 aliphatic rings. The van der Waals surface area contributed by atoms with Gasteiger partial charge in [0.15, 0.2) is 0 Å². The molecule has 1 unspecified atom stereocenters. The Hall–Kier alpha value is -2.80. The lowest BCUT2D eigenvalue weighted by molar-refractivity contribution is 0.795. The molecular weight excluding hydrogens is 290 g/mol. The summed E-state index contributed by atoms with van der Waals surface area (Å²) in [5, 5.41) is 6.65. The normalized spacial score (nSPS) is 16.6. The number of nitrogens with zero attached hydrogens (tertiary/aromatic N) is 1. The third kappa shape index (κ3) is 1.94. The van der Waals surface area contributed by atoms with Crippen LogP contribution in [0.5, 0.6) is 0 Å². The molecule has 1 heterocycles. The molecule has 4 aromatic rings. The third-order valence-electron chi connectivity index (χ3n) is 5.08. The summed E-state index contributed by atoms with van der Waals surface area (Å²) in [4.78, 5) is 0. The molecule has 0 amide bonds. The van der Waals surface area contributed by atoms with Gasteiger partial charge >= 0.3 is 0 Å². The van der Waals surface area contributed by atoms with E-state index in [2.05, 4.69) is 90.4 Å². The van der Waals surface area contributed by atoms with Crippen molar-refractivity contribution in [3.63, 3.8) is 0 Å². The maximum absolute atomic E-state index is 2.43. The lowest BCUT2D eigenvalue weighted by atomic mass is 10.0. The van der Waals surface area contributed by atoms with Crippen molar-refractivity contribution in [1.29, 1.82) is 0 Å². The van der Waals surface area contributed by atoms with Gasteiger partial charge in [-0.15, -0.1) is 0 Å². The average molecular weight is 309 g/mol. The zero-order valence-electron chi connectivity index (χ0n) is 13.7. The number of aromatic nitrogens is 1. The van der Waals surface area contributed by atoms with E-state index in [4.69, 9.17) is 0 Å². The van der Waals surface area contributed by atoms with Crippen molar-refractivity contribution in [2.24, 2.45) is 5.92 Å². The Labute approximate surface area is 141 Å². The number of para-hydroxylation sites is 1. The van der Waals surface area contributed by atoms with Crippen LogP contribution in [0.3, 0.4) is 0 Å². The van der Waals surface area contributed by atoms with Gasteiger partial charge in [-0.2, -0.15) is 0 Å². The van der Waals surface area contributed by atoms with Gasteiger partial charge in [0.05, 0.1) is 5.52 Å². The molecule has 0 spiro atoms. The van der Waals surface area contributed by atoms with Crippen LogP contribution in [0.1, 0.15) is 13.3 Å². The zero-order valence-corrected chi connectivity index (χ0v) is 13.7. The average Bonchev–Trinajstić information content (AvgIpc) is 2.95. The maximum atomic E-state index is 2.43. The highest BCUT2D eigenvalue weighted by Crippen LogP contribution is 2.21. The van der Waals surface area contributed by atoms with Gasteiger partial charge in [0, 0.05) is 21.6 Å². The van der Waals surface area contributed by atoms with Gasteiger partial charge in [-0.25, -0.2) is 0 Å². The summed E-state index contributed by atoms with van der Waals surface area (Å²) >= 11 is 0. The van der Waals surface area contributed by atoms with Crippen LogP contribution in [0.4, 0.5) is 0 Å². The van der Waals surface area contributed by atoms with Gasteiger partial charge in [-0.1, -0.05) is 67.6 Å². The van der Waals surface area contributed by atoms with Crippen molar-refractivity contribution < 1.29 is 0 Å². The predicted molar refractivity (Wildman–Crippen MR) is 103 cm³/mol. The molecule has 3 aromatic carbocycles. The first-order chi connectivity index (χ1) is 11.8. The lowest BCUT2D eigenvalue weighted by Gasteiger charge is -2.10. The first kappa shape index (κ1) is 13.6. The molecule has 1 heteroatoms. The minimum Gasteiger partial charge on any atom is -0.310 e. The van der Waals surface area contributed by atoms with Crippen molar-refractivity contribution in [3.8, 4) is 5.69 Å². The molecule has 0 radical (unpaired) electrons. The highest BCUT2D eigenvalue weighted by Gasteiger charge is 2.13. The van der Waals surface area contributed by atoms with E-state index in [-0.39, 0.29) is 0 Å². The molecule has 116 valence electrons. The Morgan fingerprint density at radius 1 is 0.875 bits per heavy atom. The summed E-state index contributed by atoms with van der Waals surface area (Å²) in [5.74, 6) is 0.605. The van der Waals surface area contributed by atoms with Crippen molar-refractivity contribution in [1.82, 2.24) is 4.57 Å². The summed E-state index contributed by atoms with van der Waals surface area (Å²) in [5.41, 5.74) is 2.53. The van der Waals surface area contributed by atoms with Gasteiger partial charge < -0.3 is 4.57 Å². The topological polar surface area (TPSA) is 4.93 Å². The van der Waals surface area contributed by atoms with Crippen LogP contribution in [0, 0.1) is 5.92 Å². The second-order valence-electron chi connectivity index (χ2n) is 6.77. The van der Waals surface area contributed by atoms with Crippen LogP contribution < -0.4 is 10.6 Å². The van der Waals surface area contributed by atoms with Crippen molar-refractivity contribution in [2.45, 2.75) is 13.3 Å². The maximum Gasteiger partial charge on any atom is 0.0540 e. The van der Waals surface area contributed by atoms with Crippen LogP contribution >= 0.6 is 0 Å². The highest BCUT2D eigenvalue weighted by molar-refractivity contribution is 5.88. The molecule has 0 saturated carbocycles. The van der Waals surface area contributed by atoms with Crippen molar-refractivity contribution in [3.05, 3.63) is 77.3 Å². The number of hydrogen-bond donors (Lipinski definition) is 0. The van der Waals surface area contributed by atoms with Gasteiger partial charge in [0.2, 0.25) is 0 Å². The fourth-order valence-corrected chi connectivity index (χ4v) is 3.91. The molecule has 5 rings (SSSR count). The van der Waals surface area contributed by atoms with Crippen LogP contribution in [-0.2, 0) is 0 Å². The molecule has 24 heavy (non-hydrogen) atoms. The predicted octanol–water partition coefficient (Wildman–Crippen LogP) is 4.38. The van der Waals surface area contributed by atoms with E-state index in [0.717, 1.165) is 6.42 Å². The van der Waals surface area contributed by atoms with E-state index in [9.17, 15) is 0 Å². The van der Waals surface area contributed by atoms with E-state index in [0.29, 0.717) is 5.92 Å².